The largest absolute Gasteiger partial charge is 0.497 e. The smallest absolute Gasteiger partial charge is 0.224 e. The number of methoxy groups -OCH3 is 2. The van der Waals surface area contributed by atoms with Crippen molar-refractivity contribution in [1.82, 2.24) is 0 Å². The van der Waals surface area contributed by atoms with Gasteiger partial charge in [-0.05, 0) is 34.9 Å². The van der Waals surface area contributed by atoms with Gasteiger partial charge in [0.2, 0.25) is 5.91 Å². The number of carbonyl (C=O) groups is 1. The summed E-state index contributed by atoms with van der Waals surface area (Å²) in [5.41, 5.74) is 1.82. The maximum Gasteiger partial charge on any atom is 0.224 e. The maximum atomic E-state index is 12.3. The fourth-order valence-corrected chi connectivity index (χ4v) is 2.87. The molecule has 0 aromatic heterocycles. The molecule has 0 spiro atoms. The molecule has 1 amide bonds. The Morgan fingerprint density at radius 1 is 0.960 bits per heavy atom. The quantitative estimate of drug-likeness (QED) is 0.725. The molecular weight excluding hydrogens is 314 g/mol. The van der Waals surface area contributed by atoms with Gasteiger partial charge in [-0.25, -0.2) is 0 Å². The summed E-state index contributed by atoms with van der Waals surface area (Å²) in [7, 11) is 3.16. The number of carbonyl (C=O) groups excluding carboxylic acids is 1. The van der Waals surface area contributed by atoms with E-state index in [1.807, 2.05) is 18.2 Å². The third-order valence-electron chi connectivity index (χ3n) is 4.18. The number of rotatable bonds is 6. The van der Waals surface area contributed by atoms with E-state index in [2.05, 4.69) is 29.6 Å². The first-order chi connectivity index (χ1) is 12.2. The molecule has 0 aliphatic heterocycles. The minimum Gasteiger partial charge on any atom is -0.497 e. The zero-order valence-electron chi connectivity index (χ0n) is 14.4. The van der Waals surface area contributed by atoms with Gasteiger partial charge in [0.25, 0.3) is 0 Å². The van der Waals surface area contributed by atoms with Crippen LogP contribution in [0.4, 0.5) is 5.69 Å². The van der Waals surface area contributed by atoms with Gasteiger partial charge in [-0.1, -0.05) is 42.5 Å². The second kappa shape index (κ2) is 7.71. The molecule has 0 heterocycles. The highest BCUT2D eigenvalue weighted by Crippen LogP contribution is 2.29. The lowest BCUT2D eigenvalue weighted by Gasteiger charge is -2.12. The van der Waals surface area contributed by atoms with Gasteiger partial charge in [0.05, 0.1) is 19.9 Å². The van der Waals surface area contributed by atoms with E-state index in [4.69, 9.17) is 9.47 Å². The summed E-state index contributed by atoms with van der Waals surface area (Å²) in [5.74, 6) is 1.22. The fraction of sp³-hybridized carbons (Fsp3) is 0.190. The molecule has 0 unspecified atom stereocenters. The van der Waals surface area contributed by atoms with Crippen molar-refractivity contribution in [3.63, 3.8) is 0 Å². The van der Waals surface area contributed by atoms with E-state index in [0.29, 0.717) is 30.0 Å². The Hall–Kier alpha value is -3.01. The minimum atomic E-state index is -0.0450. The fourth-order valence-electron chi connectivity index (χ4n) is 2.87. The predicted molar refractivity (Wildman–Crippen MR) is 100 cm³/mol. The predicted octanol–water partition coefficient (Wildman–Crippen LogP) is 4.43. The van der Waals surface area contributed by atoms with Crippen LogP contribution in [-0.2, 0) is 11.2 Å². The molecule has 3 rings (SSSR count). The van der Waals surface area contributed by atoms with Crippen molar-refractivity contribution < 1.29 is 14.3 Å². The second-order valence-electron chi connectivity index (χ2n) is 5.75. The van der Waals surface area contributed by atoms with E-state index >= 15 is 0 Å². The van der Waals surface area contributed by atoms with Crippen LogP contribution < -0.4 is 14.8 Å². The van der Waals surface area contributed by atoms with Crippen LogP contribution in [0.25, 0.3) is 10.8 Å². The monoisotopic (exact) mass is 335 g/mol. The van der Waals surface area contributed by atoms with E-state index in [0.717, 1.165) is 0 Å². The van der Waals surface area contributed by atoms with E-state index < -0.39 is 0 Å². The summed E-state index contributed by atoms with van der Waals surface area (Å²) in [6.07, 6.45) is 1.09. The zero-order valence-corrected chi connectivity index (χ0v) is 14.4. The molecule has 0 radical (unpaired) electrons. The molecule has 0 aliphatic carbocycles. The first kappa shape index (κ1) is 16.8. The summed E-state index contributed by atoms with van der Waals surface area (Å²) < 4.78 is 10.5. The van der Waals surface area contributed by atoms with Crippen LogP contribution in [0.2, 0.25) is 0 Å². The third-order valence-corrected chi connectivity index (χ3v) is 4.18. The SMILES string of the molecule is COc1ccc(NC(=O)CCc2cccc3ccccc23)c(OC)c1. The van der Waals surface area contributed by atoms with Crippen molar-refractivity contribution in [2.45, 2.75) is 12.8 Å². The molecule has 3 aromatic rings. The van der Waals surface area contributed by atoms with E-state index in [-0.39, 0.29) is 5.91 Å². The second-order valence-corrected chi connectivity index (χ2v) is 5.75. The topological polar surface area (TPSA) is 47.6 Å². The molecule has 128 valence electrons. The summed E-state index contributed by atoms with van der Waals surface area (Å²) in [6, 6.07) is 19.7. The lowest BCUT2D eigenvalue weighted by Crippen LogP contribution is -2.13. The summed E-state index contributed by atoms with van der Waals surface area (Å²) in [4.78, 5) is 12.3. The van der Waals surface area contributed by atoms with Crippen LogP contribution in [0.3, 0.4) is 0 Å². The van der Waals surface area contributed by atoms with Crippen LogP contribution in [0.1, 0.15) is 12.0 Å². The average molecular weight is 335 g/mol. The van der Waals surface area contributed by atoms with E-state index in [1.165, 1.54) is 16.3 Å². The number of hydrogen-bond acceptors (Lipinski definition) is 3. The number of aryl methyl sites for hydroxylation is 1. The van der Waals surface area contributed by atoms with Crippen molar-refractivity contribution in [2.24, 2.45) is 0 Å². The summed E-state index contributed by atoms with van der Waals surface area (Å²) in [6.45, 7) is 0. The highest BCUT2D eigenvalue weighted by molar-refractivity contribution is 5.93. The molecule has 25 heavy (non-hydrogen) atoms. The van der Waals surface area contributed by atoms with Crippen LogP contribution >= 0.6 is 0 Å². The third kappa shape index (κ3) is 3.91. The number of ether oxygens (including phenoxy) is 2. The van der Waals surface area contributed by atoms with Crippen molar-refractivity contribution in [3.8, 4) is 11.5 Å². The molecule has 0 bridgehead atoms. The standard InChI is InChI=1S/C21H21NO3/c1-24-17-11-12-19(20(14-17)25-2)22-21(23)13-10-16-8-5-7-15-6-3-4-9-18(15)16/h3-9,11-12,14H,10,13H2,1-2H3,(H,22,23). The highest BCUT2D eigenvalue weighted by atomic mass is 16.5. The van der Waals surface area contributed by atoms with Crippen molar-refractivity contribution >= 4 is 22.4 Å². The Balaban J connectivity index is 1.69. The summed E-state index contributed by atoms with van der Waals surface area (Å²) in [5, 5.41) is 5.30. The van der Waals surface area contributed by atoms with Crippen molar-refractivity contribution in [3.05, 3.63) is 66.2 Å². The van der Waals surface area contributed by atoms with Gasteiger partial charge >= 0.3 is 0 Å². The normalized spacial score (nSPS) is 10.5. The Bertz CT molecular complexity index is 884. The van der Waals surface area contributed by atoms with Crippen LogP contribution in [-0.4, -0.2) is 20.1 Å². The number of nitrogens with one attached hydrogen (secondary N) is 1. The van der Waals surface area contributed by atoms with Gasteiger partial charge in [-0.2, -0.15) is 0 Å². The number of fused-ring (bicyclic) bond motifs is 1. The molecule has 0 saturated heterocycles. The molecular formula is C21H21NO3. The highest BCUT2D eigenvalue weighted by Gasteiger charge is 2.10. The number of anilines is 1. The number of hydrogen-bond donors (Lipinski definition) is 1. The lowest BCUT2D eigenvalue weighted by molar-refractivity contribution is -0.116. The van der Waals surface area contributed by atoms with Crippen LogP contribution in [0.5, 0.6) is 11.5 Å². The first-order valence-corrected chi connectivity index (χ1v) is 8.20. The molecule has 0 saturated carbocycles. The Labute approximate surface area is 147 Å². The van der Waals surface area contributed by atoms with Crippen molar-refractivity contribution in [1.29, 1.82) is 0 Å². The molecule has 0 aliphatic rings. The van der Waals surface area contributed by atoms with E-state index in [1.54, 1.807) is 32.4 Å². The van der Waals surface area contributed by atoms with Gasteiger partial charge in [-0.15, -0.1) is 0 Å². The number of benzene rings is 3. The van der Waals surface area contributed by atoms with Crippen LogP contribution in [0, 0.1) is 0 Å². The van der Waals surface area contributed by atoms with Gasteiger partial charge in [0.1, 0.15) is 11.5 Å². The van der Waals surface area contributed by atoms with Crippen molar-refractivity contribution in [2.75, 3.05) is 19.5 Å². The zero-order chi connectivity index (χ0) is 17.6. The van der Waals surface area contributed by atoms with E-state index in [9.17, 15) is 4.79 Å². The molecule has 4 heteroatoms. The van der Waals surface area contributed by atoms with Gasteiger partial charge in [0.15, 0.2) is 0 Å². The average Bonchev–Trinajstić information content (AvgIpc) is 2.66. The molecule has 0 fully saturated rings. The van der Waals surface area contributed by atoms with Crippen LogP contribution in [0.15, 0.2) is 60.7 Å². The molecule has 1 N–H and O–H groups in total. The molecule has 4 nitrogen and oxygen atoms in total. The molecule has 3 aromatic carbocycles. The Morgan fingerprint density at radius 3 is 2.56 bits per heavy atom. The van der Waals surface area contributed by atoms with Gasteiger partial charge < -0.3 is 14.8 Å². The maximum absolute atomic E-state index is 12.3. The first-order valence-electron chi connectivity index (χ1n) is 8.20. The lowest BCUT2D eigenvalue weighted by atomic mass is 10.0. The number of amides is 1. The summed E-state index contributed by atoms with van der Waals surface area (Å²) >= 11 is 0. The minimum absolute atomic E-state index is 0.0450. The van der Waals surface area contributed by atoms with Gasteiger partial charge in [-0.3, -0.25) is 4.79 Å². The Morgan fingerprint density at radius 2 is 1.76 bits per heavy atom. The molecule has 0 atom stereocenters. The Kier molecular flexibility index (Phi) is 5.19. The van der Waals surface area contributed by atoms with Gasteiger partial charge in [0, 0.05) is 12.5 Å².